The molecule has 1 fully saturated rings. The third-order valence-corrected chi connectivity index (χ3v) is 3.76. The molecule has 1 saturated heterocycles. The van der Waals surface area contributed by atoms with Crippen LogP contribution in [0.4, 0.5) is 0 Å². The summed E-state index contributed by atoms with van der Waals surface area (Å²) >= 11 is 0. The van der Waals surface area contributed by atoms with E-state index in [-0.39, 0.29) is 5.91 Å². The van der Waals surface area contributed by atoms with Gasteiger partial charge in [0.15, 0.2) is 5.82 Å². The Balaban J connectivity index is 1.65. The van der Waals surface area contributed by atoms with Crippen LogP contribution in [0, 0.1) is 0 Å². The molecule has 0 bridgehead atoms. The van der Waals surface area contributed by atoms with Crippen molar-refractivity contribution in [3.63, 3.8) is 0 Å². The van der Waals surface area contributed by atoms with Gasteiger partial charge in [-0.1, -0.05) is 24.8 Å². The van der Waals surface area contributed by atoms with E-state index in [1.807, 2.05) is 35.2 Å². The number of piperazine rings is 1. The predicted octanol–water partition coefficient (Wildman–Crippen LogP) is 0.492. The van der Waals surface area contributed by atoms with E-state index in [1.54, 1.807) is 4.68 Å². The van der Waals surface area contributed by atoms with E-state index >= 15 is 0 Å². The lowest BCUT2D eigenvalue weighted by atomic mass is 10.3. The highest BCUT2D eigenvalue weighted by Crippen LogP contribution is 2.11. The Labute approximate surface area is 128 Å². The number of benzene rings is 1. The van der Waals surface area contributed by atoms with Crippen LogP contribution in [0.3, 0.4) is 0 Å². The lowest BCUT2D eigenvalue weighted by Gasteiger charge is -2.33. The highest BCUT2D eigenvalue weighted by molar-refractivity contribution is 5.87. The van der Waals surface area contributed by atoms with E-state index in [0.717, 1.165) is 24.6 Å². The van der Waals surface area contributed by atoms with Crippen molar-refractivity contribution in [1.29, 1.82) is 0 Å². The topological polar surface area (TPSA) is 67.2 Å². The third-order valence-electron chi connectivity index (χ3n) is 3.76. The van der Waals surface area contributed by atoms with Crippen LogP contribution in [0.1, 0.15) is 5.82 Å². The van der Waals surface area contributed by atoms with Gasteiger partial charge in [-0.05, 0) is 28.6 Å². The average molecular weight is 298 g/mol. The fourth-order valence-corrected chi connectivity index (χ4v) is 2.53. The van der Waals surface area contributed by atoms with E-state index in [9.17, 15) is 4.79 Å². The first-order chi connectivity index (χ1) is 10.8. The first kappa shape index (κ1) is 14.4. The van der Waals surface area contributed by atoms with Crippen LogP contribution in [0.2, 0.25) is 0 Å². The monoisotopic (exact) mass is 298 g/mol. The number of tetrazole rings is 1. The molecule has 0 radical (unpaired) electrons. The maximum Gasteiger partial charge on any atom is 0.246 e. The number of rotatable bonds is 4. The molecule has 1 aliphatic heterocycles. The summed E-state index contributed by atoms with van der Waals surface area (Å²) in [6.07, 6.45) is 1.37. The summed E-state index contributed by atoms with van der Waals surface area (Å²) in [4.78, 5) is 15.6. The van der Waals surface area contributed by atoms with Gasteiger partial charge in [0.1, 0.15) is 0 Å². The van der Waals surface area contributed by atoms with E-state index in [4.69, 9.17) is 0 Å². The van der Waals surface area contributed by atoms with Crippen molar-refractivity contribution in [2.24, 2.45) is 0 Å². The normalized spacial score (nSPS) is 15.7. The Morgan fingerprint density at radius 3 is 2.59 bits per heavy atom. The number of hydrogen-bond donors (Lipinski definition) is 0. The zero-order valence-electron chi connectivity index (χ0n) is 12.3. The zero-order valence-corrected chi connectivity index (χ0v) is 12.3. The highest BCUT2D eigenvalue weighted by atomic mass is 16.2. The minimum atomic E-state index is -0.00577. The molecule has 3 rings (SSSR count). The number of hydrogen-bond acceptors (Lipinski definition) is 5. The molecule has 1 amide bonds. The molecule has 0 N–H and O–H groups in total. The molecule has 7 nitrogen and oxygen atoms in total. The number of carbonyl (C=O) groups excluding carboxylic acids is 1. The van der Waals surface area contributed by atoms with E-state index in [2.05, 4.69) is 27.0 Å². The average Bonchev–Trinajstić information content (AvgIpc) is 3.04. The van der Waals surface area contributed by atoms with Crippen molar-refractivity contribution in [2.75, 3.05) is 26.2 Å². The standard InChI is InChI=1S/C15H18N6O/c1-2-15(22)20-10-8-19(9-11-20)12-14-16-17-18-21(14)13-6-4-3-5-7-13/h2-7H,1,8-12H2. The quantitative estimate of drug-likeness (QED) is 0.769. The molecule has 1 aromatic heterocycles. The van der Waals surface area contributed by atoms with E-state index in [0.29, 0.717) is 19.6 Å². The first-order valence-electron chi connectivity index (χ1n) is 7.24. The van der Waals surface area contributed by atoms with Crippen molar-refractivity contribution < 1.29 is 4.79 Å². The maximum absolute atomic E-state index is 11.6. The Bertz CT molecular complexity index is 645. The minimum Gasteiger partial charge on any atom is -0.337 e. The molecule has 0 unspecified atom stereocenters. The molecule has 0 spiro atoms. The molecule has 0 atom stereocenters. The summed E-state index contributed by atoms with van der Waals surface area (Å²) in [6, 6.07) is 9.82. The van der Waals surface area contributed by atoms with Gasteiger partial charge in [0, 0.05) is 26.2 Å². The summed E-state index contributed by atoms with van der Waals surface area (Å²) in [5.74, 6) is 0.795. The highest BCUT2D eigenvalue weighted by Gasteiger charge is 2.21. The first-order valence-corrected chi connectivity index (χ1v) is 7.24. The van der Waals surface area contributed by atoms with Crippen LogP contribution in [0.15, 0.2) is 43.0 Å². The summed E-state index contributed by atoms with van der Waals surface area (Å²) in [5.41, 5.74) is 0.947. The molecule has 2 aromatic rings. The van der Waals surface area contributed by atoms with Crippen molar-refractivity contribution in [2.45, 2.75) is 6.54 Å². The number of amides is 1. The van der Waals surface area contributed by atoms with Gasteiger partial charge in [-0.15, -0.1) is 5.10 Å². The molecule has 22 heavy (non-hydrogen) atoms. The Hall–Kier alpha value is -2.54. The Kier molecular flexibility index (Phi) is 4.24. The van der Waals surface area contributed by atoms with Crippen LogP contribution >= 0.6 is 0 Å². The molecule has 1 aliphatic rings. The molecule has 1 aromatic carbocycles. The molecule has 7 heteroatoms. The van der Waals surface area contributed by atoms with E-state index in [1.165, 1.54) is 6.08 Å². The molecular formula is C15H18N6O. The second kappa shape index (κ2) is 6.48. The van der Waals surface area contributed by atoms with Gasteiger partial charge in [0.2, 0.25) is 5.91 Å². The van der Waals surface area contributed by atoms with Crippen molar-refractivity contribution >= 4 is 5.91 Å². The summed E-state index contributed by atoms with van der Waals surface area (Å²) in [5, 5.41) is 12.0. The molecule has 2 heterocycles. The van der Waals surface area contributed by atoms with Crippen LogP contribution in [0.25, 0.3) is 5.69 Å². The van der Waals surface area contributed by atoms with Crippen LogP contribution in [0.5, 0.6) is 0 Å². The second-order valence-electron chi connectivity index (χ2n) is 5.15. The largest absolute Gasteiger partial charge is 0.337 e. The van der Waals surface area contributed by atoms with Gasteiger partial charge in [-0.2, -0.15) is 4.68 Å². The number of para-hydroxylation sites is 1. The van der Waals surface area contributed by atoms with Gasteiger partial charge < -0.3 is 4.90 Å². The van der Waals surface area contributed by atoms with Crippen molar-refractivity contribution in [3.05, 3.63) is 48.8 Å². The molecule has 0 saturated carbocycles. The number of nitrogens with zero attached hydrogens (tertiary/aromatic N) is 6. The van der Waals surface area contributed by atoms with E-state index < -0.39 is 0 Å². The summed E-state index contributed by atoms with van der Waals surface area (Å²) < 4.78 is 1.75. The van der Waals surface area contributed by atoms with Gasteiger partial charge in [0.05, 0.1) is 12.2 Å². The third kappa shape index (κ3) is 3.04. The molecule has 0 aliphatic carbocycles. The van der Waals surface area contributed by atoms with Gasteiger partial charge in [0.25, 0.3) is 0 Å². The van der Waals surface area contributed by atoms with Crippen LogP contribution in [-0.2, 0) is 11.3 Å². The lowest BCUT2D eigenvalue weighted by molar-refractivity contribution is -0.127. The maximum atomic E-state index is 11.6. The second-order valence-corrected chi connectivity index (χ2v) is 5.15. The summed E-state index contributed by atoms with van der Waals surface area (Å²) in [7, 11) is 0. The molecular weight excluding hydrogens is 280 g/mol. The Morgan fingerprint density at radius 2 is 1.91 bits per heavy atom. The fraction of sp³-hybridized carbons (Fsp3) is 0.333. The SMILES string of the molecule is C=CC(=O)N1CCN(Cc2nnnn2-c2ccccc2)CC1. The zero-order chi connectivity index (χ0) is 15.4. The van der Waals surface area contributed by atoms with Crippen LogP contribution < -0.4 is 0 Å². The van der Waals surface area contributed by atoms with Crippen molar-refractivity contribution in [1.82, 2.24) is 30.0 Å². The lowest BCUT2D eigenvalue weighted by Crippen LogP contribution is -2.48. The number of carbonyl (C=O) groups is 1. The van der Waals surface area contributed by atoms with Gasteiger partial charge in [-0.25, -0.2) is 0 Å². The predicted molar refractivity (Wildman–Crippen MR) is 81.2 cm³/mol. The molecule has 114 valence electrons. The Morgan fingerprint density at radius 1 is 1.18 bits per heavy atom. The van der Waals surface area contributed by atoms with Crippen molar-refractivity contribution in [3.8, 4) is 5.69 Å². The van der Waals surface area contributed by atoms with Gasteiger partial charge >= 0.3 is 0 Å². The summed E-state index contributed by atoms with van der Waals surface area (Å²) in [6.45, 7) is 7.22. The number of aromatic nitrogens is 4. The van der Waals surface area contributed by atoms with Crippen LogP contribution in [-0.4, -0.2) is 62.1 Å². The van der Waals surface area contributed by atoms with Gasteiger partial charge in [-0.3, -0.25) is 9.69 Å². The smallest absolute Gasteiger partial charge is 0.246 e. The fourth-order valence-electron chi connectivity index (χ4n) is 2.53. The minimum absolute atomic E-state index is 0.00577.